The molecule has 0 fully saturated rings. The molecule has 0 aliphatic carbocycles. The maximum absolute atomic E-state index is 12.4. The monoisotopic (exact) mass is 708 g/mol. The summed E-state index contributed by atoms with van der Waals surface area (Å²) in [5.41, 5.74) is 5.26. The minimum atomic E-state index is -1.67. The van der Waals surface area contributed by atoms with Gasteiger partial charge in [-0.2, -0.15) is 0 Å². The van der Waals surface area contributed by atoms with Crippen molar-refractivity contribution in [3.8, 4) is 0 Å². The minimum Gasteiger partial charge on any atom is -0.480 e. The summed E-state index contributed by atoms with van der Waals surface area (Å²) in [7, 11) is 0. The first kappa shape index (κ1) is 43.5. The molecule has 25 nitrogen and oxygen atoms in total. The molecule has 9 amide bonds. The lowest BCUT2D eigenvalue weighted by atomic mass is 10.2. The Bertz CT molecular complexity index is 1220. The SMILES string of the molecule is N[C@@H](CO)C(=O)NCC(=O)NCC(=O)NCC(=O)N[C@@H](CO)C(=O)N[C@@H](CO)C(=O)NCC(=O)NCC(=O)NCC(=O)N[C@@H](CO)C(=O)O. The van der Waals surface area contributed by atoms with Gasteiger partial charge in [-0.1, -0.05) is 0 Å². The molecule has 25 heteroatoms. The highest BCUT2D eigenvalue weighted by atomic mass is 16.4. The fourth-order valence-electron chi connectivity index (χ4n) is 2.97. The van der Waals surface area contributed by atoms with Crippen molar-refractivity contribution < 1.29 is 73.5 Å². The van der Waals surface area contributed by atoms with Crippen LogP contribution < -0.4 is 53.6 Å². The lowest BCUT2D eigenvalue weighted by molar-refractivity contribution is -0.142. The highest BCUT2D eigenvalue weighted by Crippen LogP contribution is 1.90. The zero-order valence-electron chi connectivity index (χ0n) is 25.8. The average molecular weight is 709 g/mol. The molecule has 0 aliphatic rings. The topological polar surface area (TPSA) is 406 Å². The van der Waals surface area contributed by atoms with Crippen LogP contribution >= 0.6 is 0 Å². The number of aliphatic carboxylic acids is 1. The van der Waals surface area contributed by atoms with Gasteiger partial charge < -0.3 is 79.1 Å². The molecule has 0 heterocycles. The molecule has 0 saturated carbocycles. The van der Waals surface area contributed by atoms with E-state index in [1.54, 1.807) is 0 Å². The van der Waals surface area contributed by atoms with Gasteiger partial charge in [-0.25, -0.2) is 4.79 Å². The van der Waals surface area contributed by atoms with Crippen molar-refractivity contribution in [2.75, 3.05) is 65.7 Å². The van der Waals surface area contributed by atoms with Crippen LogP contribution in [0.5, 0.6) is 0 Å². The van der Waals surface area contributed by atoms with Crippen LogP contribution in [0.4, 0.5) is 0 Å². The maximum Gasteiger partial charge on any atom is 0.328 e. The van der Waals surface area contributed by atoms with E-state index in [1.165, 1.54) is 0 Å². The van der Waals surface area contributed by atoms with Crippen LogP contribution in [0, 0.1) is 0 Å². The second-order valence-corrected chi connectivity index (χ2v) is 9.52. The van der Waals surface area contributed by atoms with Crippen LogP contribution in [-0.2, 0) is 47.9 Å². The van der Waals surface area contributed by atoms with Crippen LogP contribution in [0.2, 0.25) is 0 Å². The fourth-order valence-corrected chi connectivity index (χ4v) is 2.97. The number of rotatable bonds is 23. The van der Waals surface area contributed by atoms with Crippen molar-refractivity contribution in [1.29, 1.82) is 0 Å². The van der Waals surface area contributed by atoms with Crippen molar-refractivity contribution in [3.63, 3.8) is 0 Å². The Morgan fingerprint density at radius 1 is 0.408 bits per heavy atom. The number of carbonyl (C=O) groups is 10. The Labute approximate surface area is 276 Å². The zero-order chi connectivity index (χ0) is 37.5. The standard InChI is InChI=1S/C24H40N10O15/c25-11(7-35)21(45)30-3-17(41)26-1-15(39)28-5-19(43)32-13(9-37)23(47)34-12(8-36)22(46)31-4-18(42)27-2-16(40)29-6-20(44)33-14(10-38)24(48)49/h11-14,35-38H,1-10,25H2,(H,26,41)(H,27,42)(H,28,39)(H,29,40)(H,30,45)(H,31,46)(H,32,43)(H,33,44)(H,34,47)(H,48,49)/t11-,12-,13-,14-/m0/s1. The molecule has 0 aromatic carbocycles. The number of carboxylic acid groups (broad SMARTS) is 1. The van der Waals surface area contributed by atoms with Gasteiger partial charge in [0.15, 0.2) is 0 Å². The predicted molar refractivity (Wildman–Crippen MR) is 158 cm³/mol. The molecule has 0 radical (unpaired) electrons. The Balaban J connectivity index is 4.55. The number of nitrogens with two attached hydrogens (primary N) is 1. The van der Waals surface area contributed by atoms with E-state index in [0.717, 1.165) is 0 Å². The zero-order valence-corrected chi connectivity index (χ0v) is 25.8. The van der Waals surface area contributed by atoms with Gasteiger partial charge in [0.1, 0.15) is 24.2 Å². The first-order valence-electron chi connectivity index (χ1n) is 14.0. The number of carboxylic acids is 1. The molecule has 0 saturated heterocycles. The molecular formula is C24H40N10O15. The summed E-state index contributed by atoms with van der Waals surface area (Å²) in [4.78, 5) is 118. The molecule has 0 bridgehead atoms. The second kappa shape index (κ2) is 23.8. The number of aliphatic hydroxyl groups is 4. The Hall–Kier alpha value is -5.50. The fraction of sp³-hybridized carbons (Fsp3) is 0.583. The minimum absolute atomic E-state index is 0.553. The van der Waals surface area contributed by atoms with Crippen LogP contribution in [-0.4, -0.2) is 175 Å². The normalized spacial score (nSPS) is 12.8. The van der Waals surface area contributed by atoms with Crippen molar-refractivity contribution in [1.82, 2.24) is 47.9 Å². The van der Waals surface area contributed by atoms with Gasteiger partial charge in [-0.15, -0.1) is 0 Å². The van der Waals surface area contributed by atoms with Crippen LogP contribution in [0.1, 0.15) is 0 Å². The van der Waals surface area contributed by atoms with Gasteiger partial charge >= 0.3 is 5.97 Å². The Morgan fingerprint density at radius 2 is 0.735 bits per heavy atom. The first-order valence-corrected chi connectivity index (χ1v) is 14.0. The van der Waals surface area contributed by atoms with E-state index in [4.69, 9.17) is 21.1 Å². The summed E-state index contributed by atoms with van der Waals surface area (Å²) in [5.74, 6) is -9.91. The third-order valence-corrected chi connectivity index (χ3v) is 5.63. The van der Waals surface area contributed by atoms with Crippen molar-refractivity contribution in [2.24, 2.45) is 5.73 Å². The number of carbonyl (C=O) groups excluding carboxylic acids is 9. The Morgan fingerprint density at radius 3 is 1.10 bits per heavy atom. The molecule has 0 spiro atoms. The third kappa shape index (κ3) is 19.0. The molecule has 0 rings (SSSR count). The average Bonchev–Trinajstić information content (AvgIpc) is 3.08. The summed E-state index contributed by atoms with van der Waals surface area (Å²) in [6, 6.07) is -6.16. The highest BCUT2D eigenvalue weighted by Gasteiger charge is 2.26. The van der Waals surface area contributed by atoms with E-state index >= 15 is 0 Å². The van der Waals surface area contributed by atoms with Gasteiger partial charge in [-0.3, -0.25) is 43.2 Å². The molecule has 0 aromatic heterocycles. The number of nitrogens with one attached hydrogen (secondary N) is 9. The van der Waals surface area contributed by atoms with Crippen molar-refractivity contribution in [3.05, 3.63) is 0 Å². The molecule has 16 N–H and O–H groups in total. The van der Waals surface area contributed by atoms with Gasteiger partial charge in [0.05, 0.1) is 65.7 Å². The molecule has 0 unspecified atom stereocenters. The van der Waals surface area contributed by atoms with Gasteiger partial charge in [-0.05, 0) is 0 Å². The van der Waals surface area contributed by atoms with E-state index in [-0.39, 0.29) is 0 Å². The van der Waals surface area contributed by atoms with E-state index < -0.39 is 149 Å². The number of aliphatic hydroxyl groups excluding tert-OH is 4. The van der Waals surface area contributed by atoms with Crippen molar-refractivity contribution in [2.45, 2.75) is 24.2 Å². The summed E-state index contributed by atoms with van der Waals surface area (Å²) >= 11 is 0. The van der Waals surface area contributed by atoms with E-state index in [1.807, 2.05) is 10.6 Å². The van der Waals surface area contributed by atoms with Crippen LogP contribution in [0.3, 0.4) is 0 Å². The summed E-state index contributed by atoms with van der Waals surface area (Å²) in [6.07, 6.45) is 0. The van der Waals surface area contributed by atoms with Crippen molar-refractivity contribution >= 4 is 59.1 Å². The number of hydrogen-bond acceptors (Lipinski definition) is 15. The molecule has 276 valence electrons. The third-order valence-electron chi connectivity index (χ3n) is 5.63. The summed E-state index contributed by atoms with van der Waals surface area (Å²) in [5, 5.41) is 63.9. The summed E-state index contributed by atoms with van der Waals surface area (Å²) in [6.45, 7) is -7.50. The molecule has 0 aliphatic heterocycles. The molecule has 4 atom stereocenters. The first-order chi connectivity index (χ1) is 23.1. The lowest BCUT2D eigenvalue weighted by Crippen LogP contribution is -2.57. The number of amides is 9. The van der Waals surface area contributed by atoms with Gasteiger partial charge in [0.2, 0.25) is 53.2 Å². The number of hydrogen-bond donors (Lipinski definition) is 15. The van der Waals surface area contributed by atoms with E-state index in [2.05, 4.69) is 37.2 Å². The van der Waals surface area contributed by atoms with Gasteiger partial charge in [0.25, 0.3) is 0 Å². The highest BCUT2D eigenvalue weighted by molar-refractivity contribution is 5.95. The van der Waals surface area contributed by atoms with E-state index in [0.29, 0.717) is 0 Å². The molecular weight excluding hydrogens is 668 g/mol. The predicted octanol–water partition coefficient (Wildman–Crippen LogP) is -11.5. The molecule has 49 heavy (non-hydrogen) atoms. The quantitative estimate of drug-likeness (QED) is 0.0468. The summed E-state index contributed by atoms with van der Waals surface area (Å²) < 4.78 is 0. The maximum atomic E-state index is 12.4. The largest absolute Gasteiger partial charge is 0.480 e. The van der Waals surface area contributed by atoms with Gasteiger partial charge in [0, 0.05) is 0 Å². The lowest BCUT2D eigenvalue weighted by Gasteiger charge is -2.21. The molecule has 0 aromatic rings. The Kier molecular flexibility index (Phi) is 21.1. The van der Waals surface area contributed by atoms with E-state index in [9.17, 15) is 58.2 Å². The smallest absolute Gasteiger partial charge is 0.328 e. The van der Waals surface area contributed by atoms with Crippen LogP contribution in [0.15, 0.2) is 0 Å². The second-order valence-electron chi connectivity index (χ2n) is 9.52. The van der Waals surface area contributed by atoms with Crippen LogP contribution in [0.25, 0.3) is 0 Å².